The smallest absolute Gasteiger partial charge is 0.146 e. The van der Waals surface area contributed by atoms with Crippen molar-refractivity contribution in [1.82, 2.24) is 10.4 Å². The molecule has 100 valence electrons. The molecule has 0 radical (unpaired) electrons. The summed E-state index contributed by atoms with van der Waals surface area (Å²) in [6.45, 7) is 2.24. The maximum atomic E-state index is 13.8. The molecule has 1 aliphatic rings. The van der Waals surface area contributed by atoms with Gasteiger partial charge in [0.1, 0.15) is 5.82 Å². The largest absolute Gasteiger partial charge is 0.271 e. The van der Waals surface area contributed by atoms with E-state index in [1.54, 1.807) is 12.3 Å². The molecule has 1 heterocycles. The van der Waals surface area contributed by atoms with Gasteiger partial charge in [-0.25, -0.2) is 4.39 Å². The predicted octanol–water partition coefficient (Wildman–Crippen LogP) is 2.94. The van der Waals surface area contributed by atoms with Crippen LogP contribution in [-0.4, -0.2) is 4.98 Å². The number of nitrogens with two attached hydrogens (primary N) is 1. The first-order valence-electron chi connectivity index (χ1n) is 6.81. The Hall–Kier alpha value is -1.00. The third-order valence-electron chi connectivity index (χ3n) is 4.26. The lowest BCUT2D eigenvalue weighted by atomic mass is 9.76. The Morgan fingerprint density at radius 2 is 2.17 bits per heavy atom. The Morgan fingerprint density at radius 1 is 1.44 bits per heavy atom. The average molecular weight is 251 g/mol. The number of hydrogen-bond acceptors (Lipinski definition) is 3. The summed E-state index contributed by atoms with van der Waals surface area (Å²) in [5, 5.41) is 0. The molecule has 1 fully saturated rings. The van der Waals surface area contributed by atoms with Gasteiger partial charge in [-0.1, -0.05) is 26.2 Å². The first kappa shape index (κ1) is 13.4. The lowest BCUT2D eigenvalue weighted by molar-refractivity contribution is 0.216. The molecule has 1 saturated carbocycles. The van der Waals surface area contributed by atoms with Gasteiger partial charge in [0.05, 0.1) is 12.2 Å². The van der Waals surface area contributed by atoms with Gasteiger partial charge in [-0.3, -0.25) is 16.3 Å². The normalized spacial score (nSPS) is 25.9. The predicted molar refractivity (Wildman–Crippen MR) is 70.0 cm³/mol. The number of pyridine rings is 1. The number of halogens is 1. The molecule has 0 aliphatic heterocycles. The Morgan fingerprint density at radius 3 is 2.72 bits per heavy atom. The summed E-state index contributed by atoms with van der Waals surface area (Å²) in [4.78, 5) is 3.79. The van der Waals surface area contributed by atoms with E-state index < -0.39 is 0 Å². The standard InChI is InChI=1S/C14H22FN3/c1-2-10-3-5-11(6-4-10)14(18-16)12-7-8-17-9-13(12)15/h7-11,14,18H,2-6,16H2,1H3. The summed E-state index contributed by atoms with van der Waals surface area (Å²) >= 11 is 0. The summed E-state index contributed by atoms with van der Waals surface area (Å²) < 4.78 is 13.8. The Bertz CT molecular complexity index is 375. The van der Waals surface area contributed by atoms with Crippen molar-refractivity contribution in [2.75, 3.05) is 0 Å². The minimum absolute atomic E-state index is 0.0918. The van der Waals surface area contributed by atoms with Crippen LogP contribution in [0.15, 0.2) is 18.5 Å². The highest BCUT2D eigenvalue weighted by Crippen LogP contribution is 2.37. The van der Waals surface area contributed by atoms with Crippen molar-refractivity contribution in [2.45, 2.75) is 45.1 Å². The van der Waals surface area contributed by atoms with E-state index in [9.17, 15) is 4.39 Å². The molecule has 0 aromatic carbocycles. The number of aromatic nitrogens is 1. The van der Waals surface area contributed by atoms with E-state index in [1.807, 2.05) is 0 Å². The van der Waals surface area contributed by atoms with Crippen LogP contribution in [0.1, 0.15) is 50.6 Å². The van der Waals surface area contributed by atoms with Crippen molar-refractivity contribution in [3.8, 4) is 0 Å². The fraction of sp³-hybridized carbons (Fsp3) is 0.643. The molecule has 2 rings (SSSR count). The molecule has 3 nitrogen and oxygen atoms in total. The third kappa shape index (κ3) is 2.87. The second kappa shape index (κ2) is 6.25. The minimum Gasteiger partial charge on any atom is -0.271 e. The van der Waals surface area contributed by atoms with Crippen LogP contribution in [0, 0.1) is 17.7 Å². The average Bonchev–Trinajstić information content (AvgIpc) is 2.42. The van der Waals surface area contributed by atoms with Crippen molar-refractivity contribution in [3.05, 3.63) is 29.8 Å². The van der Waals surface area contributed by atoms with Crippen molar-refractivity contribution in [3.63, 3.8) is 0 Å². The highest BCUT2D eigenvalue weighted by molar-refractivity contribution is 5.18. The monoisotopic (exact) mass is 251 g/mol. The van der Waals surface area contributed by atoms with Crippen LogP contribution in [0.5, 0.6) is 0 Å². The van der Waals surface area contributed by atoms with E-state index in [-0.39, 0.29) is 11.9 Å². The van der Waals surface area contributed by atoms with Gasteiger partial charge in [0.2, 0.25) is 0 Å². The Labute approximate surface area is 108 Å². The van der Waals surface area contributed by atoms with Crippen LogP contribution in [0.2, 0.25) is 0 Å². The van der Waals surface area contributed by atoms with Gasteiger partial charge < -0.3 is 0 Å². The first-order valence-corrected chi connectivity index (χ1v) is 6.81. The quantitative estimate of drug-likeness (QED) is 0.639. The van der Waals surface area contributed by atoms with Gasteiger partial charge >= 0.3 is 0 Å². The van der Waals surface area contributed by atoms with Crippen LogP contribution < -0.4 is 11.3 Å². The molecule has 4 heteroatoms. The minimum atomic E-state index is -0.266. The van der Waals surface area contributed by atoms with E-state index in [4.69, 9.17) is 5.84 Å². The lowest BCUT2D eigenvalue weighted by Gasteiger charge is -2.33. The molecule has 1 aromatic heterocycles. The van der Waals surface area contributed by atoms with Crippen LogP contribution in [0.3, 0.4) is 0 Å². The second-order valence-corrected chi connectivity index (χ2v) is 5.23. The first-order chi connectivity index (χ1) is 8.76. The van der Waals surface area contributed by atoms with E-state index >= 15 is 0 Å². The Kier molecular flexibility index (Phi) is 4.66. The fourth-order valence-electron chi connectivity index (χ4n) is 3.05. The molecule has 1 aromatic rings. The second-order valence-electron chi connectivity index (χ2n) is 5.23. The van der Waals surface area contributed by atoms with Gasteiger partial charge in [-0.15, -0.1) is 0 Å². The van der Waals surface area contributed by atoms with Crippen LogP contribution in [0.4, 0.5) is 4.39 Å². The summed E-state index contributed by atoms with van der Waals surface area (Å²) in [6.07, 6.45) is 8.83. The molecule has 0 amide bonds. The van der Waals surface area contributed by atoms with Crippen molar-refractivity contribution in [1.29, 1.82) is 0 Å². The summed E-state index contributed by atoms with van der Waals surface area (Å²) in [5.41, 5.74) is 3.44. The van der Waals surface area contributed by atoms with Gasteiger partial charge in [0.15, 0.2) is 0 Å². The van der Waals surface area contributed by atoms with Crippen molar-refractivity contribution >= 4 is 0 Å². The van der Waals surface area contributed by atoms with Crippen LogP contribution in [-0.2, 0) is 0 Å². The van der Waals surface area contributed by atoms with Gasteiger partial charge in [0.25, 0.3) is 0 Å². The fourth-order valence-corrected chi connectivity index (χ4v) is 3.05. The maximum Gasteiger partial charge on any atom is 0.146 e. The molecule has 1 unspecified atom stereocenters. The van der Waals surface area contributed by atoms with Gasteiger partial charge in [-0.2, -0.15) is 0 Å². The highest BCUT2D eigenvalue weighted by Gasteiger charge is 2.28. The molecule has 0 spiro atoms. The summed E-state index contributed by atoms with van der Waals surface area (Å²) in [6, 6.07) is 1.64. The lowest BCUT2D eigenvalue weighted by Crippen LogP contribution is -2.36. The SMILES string of the molecule is CCC1CCC(C(NN)c2ccncc2F)CC1. The van der Waals surface area contributed by atoms with Crippen molar-refractivity contribution in [2.24, 2.45) is 17.7 Å². The molecule has 1 aliphatic carbocycles. The van der Waals surface area contributed by atoms with E-state index in [1.165, 1.54) is 25.5 Å². The number of hydrogen-bond donors (Lipinski definition) is 2. The Balaban J connectivity index is 2.08. The van der Waals surface area contributed by atoms with E-state index in [0.717, 1.165) is 18.8 Å². The number of rotatable bonds is 4. The topological polar surface area (TPSA) is 50.9 Å². The van der Waals surface area contributed by atoms with Crippen molar-refractivity contribution < 1.29 is 4.39 Å². The third-order valence-corrected chi connectivity index (χ3v) is 4.26. The van der Waals surface area contributed by atoms with E-state index in [0.29, 0.717) is 11.5 Å². The zero-order valence-electron chi connectivity index (χ0n) is 10.9. The molecule has 0 saturated heterocycles. The molecule has 3 N–H and O–H groups in total. The highest BCUT2D eigenvalue weighted by atomic mass is 19.1. The number of nitrogens with one attached hydrogen (secondary N) is 1. The van der Waals surface area contributed by atoms with Crippen LogP contribution in [0.25, 0.3) is 0 Å². The van der Waals surface area contributed by atoms with E-state index in [2.05, 4.69) is 17.3 Å². The molecule has 18 heavy (non-hydrogen) atoms. The zero-order chi connectivity index (χ0) is 13.0. The molecular formula is C14H22FN3. The van der Waals surface area contributed by atoms with Crippen LogP contribution >= 0.6 is 0 Å². The summed E-state index contributed by atoms with van der Waals surface area (Å²) in [7, 11) is 0. The van der Waals surface area contributed by atoms with Gasteiger partial charge in [-0.05, 0) is 30.7 Å². The molecule has 1 atom stereocenters. The molecular weight excluding hydrogens is 229 g/mol. The van der Waals surface area contributed by atoms with Gasteiger partial charge in [0, 0.05) is 11.8 Å². The number of nitrogens with zero attached hydrogens (tertiary/aromatic N) is 1. The maximum absolute atomic E-state index is 13.8. The number of hydrazine groups is 1. The zero-order valence-corrected chi connectivity index (χ0v) is 10.9. The summed E-state index contributed by atoms with van der Waals surface area (Å²) in [5.74, 6) is 6.63. The molecule has 0 bridgehead atoms.